The summed E-state index contributed by atoms with van der Waals surface area (Å²) in [5, 5.41) is 3.31. The summed E-state index contributed by atoms with van der Waals surface area (Å²) in [7, 11) is 0. The molecule has 0 aromatic heterocycles. The molecule has 0 heterocycles. The van der Waals surface area contributed by atoms with E-state index in [0.29, 0.717) is 0 Å². The number of hydrogen-bond acceptors (Lipinski definition) is 4. The van der Waals surface area contributed by atoms with Crippen LogP contribution in [-0.4, -0.2) is 25.6 Å². The molecular weight excluding hydrogens is 286 g/mol. The van der Waals surface area contributed by atoms with Crippen LogP contribution in [0.1, 0.15) is 47.0 Å². The van der Waals surface area contributed by atoms with Gasteiger partial charge in [0.15, 0.2) is 0 Å². The van der Waals surface area contributed by atoms with Gasteiger partial charge in [-0.25, -0.2) is 0 Å². The van der Waals surface area contributed by atoms with Crippen molar-refractivity contribution >= 4 is 56.5 Å². The Labute approximate surface area is 125 Å². The first kappa shape index (κ1) is 17.7. The Morgan fingerprint density at radius 1 is 1.00 bits per heavy atom. The van der Waals surface area contributed by atoms with Crippen LogP contribution in [0.3, 0.4) is 0 Å². The number of thiocarbonyl (C=S) groups is 2. The van der Waals surface area contributed by atoms with Crippen molar-refractivity contribution in [2.45, 2.75) is 52.5 Å². The minimum absolute atomic E-state index is 0.0809. The SMILES string of the molecule is CC(=S)SCCCCCSC(=S)NC(C)(C)C. The van der Waals surface area contributed by atoms with Crippen LogP contribution < -0.4 is 5.32 Å². The van der Waals surface area contributed by atoms with Crippen molar-refractivity contribution < 1.29 is 0 Å². The highest BCUT2D eigenvalue weighted by atomic mass is 32.2. The number of hydrogen-bond donors (Lipinski definition) is 1. The minimum Gasteiger partial charge on any atom is -0.366 e. The molecule has 1 nitrogen and oxygen atoms in total. The molecule has 0 saturated heterocycles. The molecule has 0 aliphatic heterocycles. The van der Waals surface area contributed by atoms with Gasteiger partial charge in [0.05, 0.1) is 0 Å². The zero-order valence-corrected chi connectivity index (χ0v) is 14.4. The molecule has 0 aromatic rings. The van der Waals surface area contributed by atoms with Crippen molar-refractivity contribution in [1.82, 2.24) is 5.32 Å². The van der Waals surface area contributed by atoms with Crippen LogP contribution in [0.5, 0.6) is 0 Å². The average Bonchev–Trinajstić information content (AvgIpc) is 2.12. The second-order valence-electron chi connectivity index (χ2n) is 4.91. The highest BCUT2D eigenvalue weighted by Crippen LogP contribution is 2.13. The Morgan fingerprint density at radius 2 is 1.53 bits per heavy atom. The van der Waals surface area contributed by atoms with Gasteiger partial charge in [0, 0.05) is 15.5 Å². The van der Waals surface area contributed by atoms with Crippen molar-refractivity contribution in [2.24, 2.45) is 0 Å². The summed E-state index contributed by atoms with van der Waals surface area (Å²) in [6.45, 7) is 8.38. The Balaban J connectivity index is 3.34. The molecule has 0 rings (SSSR count). The molecule has 0 amide bonds. The third-order valence-corrected chi connectivity index (χ3v) is 4.37. The van der Waals surface area contributed by atoms with Crippen LogP contribution in [0.2, 0.25) is 0 Å². The van der Waals surface area contributed by atoms with Crippen LogP contribution in [0.4, 0.5) is 0 Å². The number of thioether (sulfide) groups is 2. The molecule has 0 aromatic carbocycles. The van der Waals surface area contributed by atoms with E-state index < -0.39 is 0 Å². The summed E-state index contributed by atoms with van der Waals surface area (Å²) >= 11 is 13.8. The summed E-state index contributed by atoms with van der Waals surface area (Å²) in [6.07, 6.45) is 3.74. The van der Waals surface area contributed by atoms with Crippen molar-refractivity contribution in [3.8, 4) is 0 Å². The molecule has 0 bridgehead atoms. The minimum atomic E-state index is 0.0809. The molecule has 0 radical (unpaired) electrons. The third kappa shape index (κ3) is 14.6. The first-order valence-electron chi connectivity index (χ1n) is 5.89. The van der Waals surface area contributed by atoms with Crippen molar-refractivity contribution in [2.75, 3.05) is 11.5 Å². The summed E-state index contributed by atoms with van der Waals surface area (Å²) in [4.78, 5) is 0. The molecule has 0 saturated carbocycles. The van der Waals surface area contributed by atoms with Gasteiger partial charge in [0.25, 0.3) is 0 Å². The van der Waals surface area contributed by atoms with Crippen LogP contribution >= 0.6 is 48.0 Å². The maximum atomic E-state index is 5.27. The Bertz CT molecular complexity index is 245. The molecule has 1 N–H and O–H groups in total. The number of unbranched alkanes of at least 4 members (excludes halogenated alkanes) is 2. The van der Waals surface area contributed by atoms with Gasteiger partial charge >= 0.3 is 0 Å². The van der Waals surface area contributed by atoms with Crippen LogP contribution in [0, 0.1) is 0 Å². The largest absolute Gasteiger partial charge is 0.366 e. The van der Waals surface area contributed by atoms with E-state index >= 15 is 0 Å². The van der Waals surface area contributed by atoms with Crippen molar-refractivity contribution in [3.63, 3.8) is 0 Å². The van der Waals surface area contributed by atoms with Gasteiger partial charge in [-0.05, 0) is 46.3 Å². The molecule has 0 spiro atoms. The summed E-state index contributed by atoms with van der Waals surface area (Å²) in [5.41, 5.74) is 0.0809. The fourth-order valence-corrected chi connectivity index (χ4v) is 3.46. The van der Waals surface area contributed by atoms with E-state index in [1.54, 1.807) is 23.5 Å². The van der Waals surface area contributed by atoms with E-state index in [1.165, 1.54) is 19.3 Å². The second-order valence-corrected chi connectivity index (χ2v) is 8.86. The van der Waals surface area contributed by atoms with Gasteiger partial charge in [-0.3, -0.25) is 0 Å². The van der Waals surface area contributed by atoms with Gasteiger partial charge < -0.3 is 5.32 Å². The monoisotopic (exact) mass is 309 g/mol. The first-order valence-corrected chi connectivity index (χ1v) is 8.68. The summed E-state index contributed by atoms with van der Waals surface area (Å²) < 4.78 is 1.97. The topological polar surface area (TPSA) is 12.0 Å². The van der Waals surface area contributed by atoms with Crippen LogP contribution in [0.25, 0.3) is 0 Å². The summed E-state index contributed by atoms with van der Waals surface area (Å²) in [5.74, 6) is 2.27. The molecule has 5 heteroatoms. The fraction of sp³-hybridized carbons (Fsp3) is 0.833. The lowest BCUT2D eigenvalue weighted by molar-refractivity contribution is 0.519. The average molecular weight is 310 g/mol. The predicted octanol–water partition coefficient (Wildman–Crippen LogP) is 4.64. The Kier molecular flexibility index (Phi) is 9.97. The van der Waals surface area contributed by atoms with Gasteiger partial charge in [-0.15, -0.1) is 11.8 Å². The normalized spacial score (nSPS) is 11.3. The lowest BCUT2D eigenvalue weighted by Gasteiger charge is -2.21. The maximum Gasteiger partial charge on any atom is 0.134 e. The molecule has 0 fully saturated rings. The first-order chi connectivity index (χ1) is 7.81. The predicted molar refractivity (Wildman–Crippen MR) is 92.5 cm³/mol. The molecular formula is C12H23NS4. The van der Waals surface area contributed by atoms with E-state index in [-0.39, 0.29) is 5.54 Å². The highest BCUT2D eigenvalue weighted by molar-refractivity contribution is 8.23. The lowest BCUT2D eigenvalue weighted by atomic mass is 10.1. The summed E-state index contributed by atoms with van der Waals surface area (Å²) in [6, 6.07) is 0. The lowest BCUT2D eigenvalue weighted by Crippen LogP contribution is -2.38. The number of nitrogens with one attached hydrogen (secondary N) is 1. The molecule has 0 aliphatic rings. The third-order valence-electron chi connectivity index (χ3n) is 1.80. The molecule has 0 atom stereocenters. The van der Waals surface area contributed by atoms with Gasteiger partial charge in [0.2, 0.25) is 0 Å². The van der Waals surface area contributed by atoms with Crippen molar-refractivity contribution in [3.05, 3.63) is 0 Å². The van der Waals surface area contributed by atoms with E-state index in [9.17, 15) is 0 Å². The van der Waals surface area contributed by atoms with Gasteiger partial charge in [0.1, 0.15) is 4.32 Å². The molecule has 17 heavy (non-hydrogen) atoms. The maximum absolute atomic E-state index is 5.27. The zero-order chi connectivity index (χ0) is 13.3. The van der Waals surface area contributed by atoms with Gasteiger partial charge in [-0.1, -0.05) is 42.6 Å². The molecule has 100 valence electrons. The fourth-order valence-electron chi connectivity index (χ4n) is 1.10. The van der Waals surface area contributed by atoms with Crippen LogP contribution in [-0.2, 0) is 0 Å². The van der Waals surface area contributed by atoms with E-state index in [4.69, 9.17) is 24.4 Å². The smallest absolute Gasteiger partial charge is 0.134 e. The molecule has 0 unspecified atom stereocenters. The van der Waals surface area contributed by atoms with Gasteiger partial charge in [-0.2, -0.15) is 0 Å². The van der Waals surface area contributed by atoms with Crippen molar-refractivity contribution in [1.29, 1.82) is 0 Å². The second kappa shape index (κ2) is 9.59. The Morgan fingerprint density at radius 3 is 2.00 bits per heavy atom. The Hall–Kier alpha value is 0.680. The quantitative estimate of drug-likeness (QED) is 0.565. The zero-order valence-electron chi connectivity index (χ0n) is 11.2. The molecule has 0 aliphatic carbocycles. The standard InChI is InChI=1S/C12H23NS4/c1-10(14)16-8-6-5-7-9-17-11(15)13-12(2,3)4/h5-9H2,1-4H3,(H,13,15). The van der Waals surface area contributed by atoms with E-state index in [1.807, 2.05) is 6.92 Å². The number of rotatable bonds is 6. The van der Waals surface area contributed by atoms with E-state index in [0.717, 1.165) is 20.0 Å². The highest BCUT2D eigenvalue weighted by Gasteiger charge is 2.10. The van der Waals surface area contributed by atoms with E-state index in [2.05, 4.69) is 26.1 Å². The van der Waals surface area contributed by atoms with Crippen LogP contribution in [0.15, 0.2) is 0 Å².